The standard InChI is InChI=1S/C13H13Cl2N3O.ClH/c14-9-3-4-10(15)12-11(9)13(19)18(6-17-12)8-2-1-7(16)5-8;/h3-4,6-8H,1-2,5,16H2;1H/t7-,8-;/m1./s1. The molecule has 1 saturated carbocycles. The number of hydrogen-bond donors (Lipinski definition) is 1. The SMILES string of the molecule is Cl.N[C@@H]1CC[C@@H](n2cnc3c(Cl)ccc(Cl)c3c2=O)C1. The van der Waals surface area contributed by atoms with E-state index in [0.29, 0.717) is 20.9 Å². The maximum Gasteiger partial charge on any atom is 0.263 e. The van der Waals surface area contributed by atoms with Gasteiger partial charge in [0.1, 0.15) is 0 Å². The van der Waals surface area contributed by atoms with Crippen molar-refractivity contribution >= 4 is 46.5 Å². The number of nitrogens with zero attached hydrogens (tertiary/aromatic N) is 2. The molecule has 0 spiro atoms. The molecular weight excluding hydrogens is 321 g/mol. The largest absolute Gasteiger partial charge is 0.328 e. The molecule has 0 unspecified atom stereocenters. The Bertz CT molecular complexity index is 701. The fraction of sp³-hybridized carbons (Fsp3) is 0.385. The number of nitrogens with two attached hydrogens (primary N) is 1. The van der Waals surface area contributed by atoms with Gasteiger partial charge in [0, 0.05) is 12.1 Å². The van der Waals surface area contributed by atoms with E-state index in [0.717, 1.165) is 19.3 Å². The van der Waals surface area contributed by atoms with Crippen molar-refractivity contribution in [1.82, 2.24) is 9.55 Å². The second-order valence-electron chi connectivity index (χ2n) is 4.94. The number of rotatable bonds is 1. The van der Waals surface area contributed by atoms with E-state index in [9.17, 15) is 4.79 Å². The molecule has 20 heavy (non-hydrogen) atoms. The van der Waals surface area contributed by atoms with E-state index in [4.69, 9.17) is 28.9 Å². The summed E-state index contributed by atoms with van der Waals surface area (Å²) in [6.07, 6.45) is 4.17. The quantitative estimate of drug-likeness (QED) is 0.871. The highest BCUT2D eigenvalue weighted by atomic mass is 35.5. The fourth-order valence-corrected chi connectivity index (χ4v) is 3.12. The van der Waals surface area contributed by atoms with Crippen LogP contribution in [0.5, 0.6) is 0 Å². The maximum absolute atomic E-state index is 12.5. The minimum Gasteiger partial charge on any atom is -0.328 e. The van der Waals surface area contributed by atoms with E-state index >= 15 is 0 Å². The van der Waals surface area contributed by atoms with Gasteiger partial charge in [0.05, 0.1) is 27.3 Å². The molecule has 0 aliphatic heterocycles. The Hall–Kier alpha value is -0.810. The minimum absolute atomic E-state index is 0. The Morgan fingerprint density at radius 1 is 1.25 bits per heavy atom. The highest BCUT2D eigenvalue weighted by molar-refractivity contribution is 6.39. The molecule has 3 rings (SSSR count). The number of benzene rings is 1. The Balaban J connectivity index is 0.00000147. The van der Waals surface area contributed by atoms with E-state index in [2.05, 4.69) is 4.98 Å². The van der Waals surface area contributed by atoms with Crippen LogP contribution in [0.2, 0.25) is 10.0 Å². The van der Waals surface area contributed by atoms with Crippen molar-refractivity contribution in [2.75, 3.05) is 0 Å². The number of halogens is 3. The van der Waals surface area contributed by atoms with Crippen molar-refractivity contribution in [3.05, 3.63) is 38.9 Å². The van der Waals surface area contributed by atoms with E-state index < -0.39 is 0 Å². The summed E-state index contributed by atoms with van der Waals surface area (Å²) in [6.45, 7) is 0. The third-order valence-corrected chi connectivity index (χ3v) is 4.30. The third kappa shape index (κ3) is 2.53. The van der Waals surface area contributed by atoms with Crippen LogP contribution in [0.1, 0.15) is 25.3 Å². The molecule has 0 amide bonds. The van der Waals surface area contributed by atoms with Gasteiger partial charge in [-0.05, 0) is 31.4 Å². The van der Waals surface area contributed by atoms with Gasteiger partial charge in [-0.1, -0.05) is 23.2 Å². The van der Waals surface area contributed by atoms with E-state index in [-0.39, 0.29) is 30.0 Å². The summed E-state index contributed by atoms with van der Waals surface area (Å²) < 4.78 is 1.64. The first-order chi connectivity index (χ1) is 9.08. The number of aromatic nitrogens is 2. The predicted molar refractivity (Wildman–Crippen MR) is 84.1 cm³/mol. The second-order valence-corrected chi connectivity index (χ2v) is 5.75. The van der Waals surface area contributed by atoms with E-state index in [1.807, 2.05) is 0 Å². The van der Waals surface area contributed by atoms with Crippen molar-refractivity contribution in [2.24, 2.45) is 5.73 Å². The third-order valence-electron chi connectivity index (χ3n) is 3.68. The van der Waals surface area contributed by atoms with Crippen molar-refractivity contribution in [1.29, 1.82) is 0 Å². The molecule has 0 bridgehead atoms. The Labute approximate surface area is 132 Å². The molecule has 1 aliphatic carbocycles. The van der Waals surface area contributed by atoms with Crippen molar-refractivity contribution in [2.45, 2.75) is 31.3 Å². The smallest absolute Gasteiger partial charge is 0.263 e. The number of fused-ring (bicyclic) bond motifs is 1. The first-order valence-electron chi connectivity index (χ1n) is 6.18. The summed E-state index contributed by atoms with van der Waals surface area (Å²) in [5, 5.41) is 1.21. The van der Waals surface area contributed by atoms with Gasteiger partial charge in [-0.3, -0.25) is 9.36 Å². The monoisotopic (exact) mass is 333 g/mol. The summed E-state index contributed by atoms with van der Waals surface area (Å²) in [5.41, 5.74) is 6.21. The topological polar surface area (TPSA) is 60.9 Å². The molecule has 1 fully saturated rings. The highest BCUT2D eigenvalue weighted by Gasteiger charge is 2.25. The molecule has 2 atom stereocenters. The first-order valence-corrected chi connectivity index (χ1v) is 6.94. The molecule has 1 heterocycles. The van der Waals surface area contributed by atoms with Crippen LogP contribution in [-0.4, -0.2) is 15.6 Å². The van der Waals surface area contributed by atoms with Gasteiger partial charge in [-0.25, -0.2) is 4.98 Å². The summed E-state index contributed by atoms with van der Waals surface area (Å²) in [4.78, 5) is 16.8. The Kier molecular flexibility index (Phi) is 4.59. The molecular formula is C13H14Cl3N3O. The van der Waals surface area contributed by atoms with Crippen LogP contribution >= 0.6 is 35.6 Å². The summed E-state index contributed by atoms with van der Waals surface area (Å²) in [6, 6.07) is 3.53. The van der Waals surface area contributed by atoms with Gasteiger partial charge in [0.15, 0.2) is 0 Å². The molecule has 0 radical (unpaired) electrons. The van der Waals surface area contributed by atoms with E-state index in [1.54, 1.807) is 23.0 Å². The molecule has 1 aromatic carbocycles. The van der Waals surface area contributed by atoms with Crippen LogP contribution in [0, 0.1) is 0 Å². The van der Waals surface area contributed by atoms with Crippen LogP contribution in [-0.2, 0) is 0 Å². The molecule has 2 aromatic rings. The first kappa shape index (κ1) is 15.6. The Morgan fingerprint density at radius 2 is 1.95 bits per heavy atom. The van der Waals surface area contributed by atoms with E-state index in [1.165, 1.54) is 0 Å². The second kappa shape index (κ2) is 5.90. The van der Waals surface area contributed by atoms with Gasteiger partial charge >= 0.3 is 0 Å². The molecule has 0 saturated heterocycles. The normalized spacial score (nSPS) is 21.9. The lowest BCUT2D eigenvalue weighted by Crippen LogP contribution is -2.25. The van der Waals surface area contributed by atoms with Crippen LogP contribution in [0.3, 0.4) is 0 Å². The molecule has 2 N–H and O–H groups in total. The van der Waals surface area contributed by atoms with Crippen LogP contribution in [0.25, 0.3) is 10.9 Å². The van der Waals surface area contributed by atoms with Crippen molar-refractivity contribution in [3.8, 4) is 0 Å². The van der Waals surface area contributed by atoms with Crippen molar-refractivity contribution in [3.63, 3.8) is 0 Å². The molecule has 4 nitrogen and oxygen atoms in total. The summed E-state index contributed by atoms with van der Waals surface area (Å²) in [7, 11) is 0. The molecule has 7 heteroatoms. The van der Waals surface area contributed by atoms with Gasteiger partial charge < -0.3 is 5.73 Å². The summed E-state index contributed by atoms with van der Waals surface area (Å²) >= 11 is 12.2. The predicted octanol–water partition coefficient (Wildman–Crippen LogP) is 3.18. The zero-order valence-corrected chi connectivity index (χ0v) is 12.9. The molecule has 1 aliphatic rings. The lowest BCUT2D eigenvalue weighted by molar-refractivity contribution is 0.491. The Morgan fingerprint density at radius 3 is 2.60 bits per heavy atom. The average Bonchev–Trinajstić information content (AvgIpc) is 2.80. The van der Waals surface area contributed by atoms with Crippen LogP contribution in [0.15, 0.2) is 23.3 Å². The van der Waals surface area contributed by atoms with Crippen LogP contribution in [0.4, 0.5) is 0 Å². The average molecular weight is 335 g/mol. The minimum atomic E-state index is -0.142. The van der Waals surface area contributed by atoms with Gasteiger partial charge in [-0.2, -0.15) is 0 Å². The molecule has 1 aromatic heterocycles. The van der Waals surface area contributed by atoms with Crippen LogP contribution < -0.4 is 11.3 Å². The van der Waals surface area contributed by atoms with Crippen molar-refractivity contribution < 1.29 is 0 Å². The fourth-order valence-electron chi connectivity index (χ4n) is 2.68. The lowest BCUT2D eigenvalue weighted by atomic mass is 10.2. The highest BCUT2D eigenvalue weighted by Crippen LogP contribution is 2.30. The number of hydrogen-bond acceptors (Lipinski definition) is 3. The van der Waals surface area contributed by atoms with Gasteiger partial charge in [-0.15, -0.1) is 12.4 Å². The molecule has 108 valence electrons. The summed E-state index contributed by atoms with van der Waals surface area (Å²) in [5.74, 6) is 0. The maximum atomic E-state index is 12.5. The van der Waals surface area contributed by atoms with Gasteiger partial charge in [0.2, 0.25) is 0 Å². The zero-order chi connectivity index (χ0) is 13.6. The van der Waals surface area contributed by atoms with Gasteiger partial charge in [0.25, 0.3) is 5.56 Å². The zero-order valence-electron chi connectivity index (χ0n) is 10.6. The lowest BCUT2D eigenvalue weighted by Gasteiger charge is -2.14.